The van der Waals surface area contributed by atoms with Crippen LogP contribution in [0.5, 0.6) is 11.6 Å². The van der Waals surface area contributed by atoms with Crippen molar-refractivity contribution in [1.29, 1.82) is 0 Å². The zero-order chi connectivity index (χ0) is 27.4. The standard InChI is InChI=1S/C28H29ClN6O3S/c1-18-19(2)25(12-11-23(18)35-39(36,37)26-10-4-3-9-22(26)29)38-27-21(8-6-15-31-27)24-13-16-32-28(34-24)33-20-7-5-14-30-17-20/h3-4,6,8-13,15-16,20,30,35H,5,7,14,17H2,1-2H3,(H,32,33,34)/t20-/m0/s1. The van der Waals surface area contributed by atoms with Crippen LogP contribution in [-0.4, -0.2) is 42.5 Å². The Morgan fingerprint density at radius 3 is 2.64 bits per heavy atom. The molecule has 2 aromatic heterocycles. The maximum Gasteiger partial charge on any atom is 0.263 e. The van der Waals surface area contributed by atoms with Crippen molar-refractivity contribution in [3.63, 3.8) is 0 Å². The Labute approximate surface area is 233 Å². The van der Waals surface area contributed by atoms with Crippen LogP contribution in [0.3, 0.4) is 0 Å². The van der Waals surface area contributed by atoms with Crippen LogP contribution in [0.2, 0.25) is 5.02 Å². The van der Waals surface area contributed by atoms with Crippen molar-refractivity contribution in [1.82, 2.24) is 20.3 Å². The van der Waals surface area contributed by atoms with Crippen LogP contribution in [0.1, 0.15) is 24.0 Å². The summed E-state index contributed by atoms with van der Waals surface area (Å²) in [6.07, 6.45) is 5.54. The summed E-state index contributed by atoms with van der Waals surface area (Å²) >= 11 is 6.12. The Kier molecular flexibility index (Phi) is 7.97. The monoisotopic (exact) mass is 564 g/mol. The highest BCUT2D eigenvalue weighted by atomic mass is 35.5. The number of halogens is 1. The van der Waals surface area contributed by atoms with Gasteiger partial charge in [0.2, 0.25) is 11.8 Å². The molecule has 1 aliphatic rings. The first-order valence-electron chi connectivity index (χ1n) is 12.6. The number of nitrogens with zero attached hydrogens (tertiary/aromatic N) is 3. The number of benzene rings is 2. The van der Waals surface area contributed by atoms with E-state index in [1.54, 1.807) is 42.7 Å². The molecular weight excluding hydrogens is 536 g/mol. The Balaban J connectivity index is 1.39. The molecule has 9 nitrogen and oxygen atoms in total. The number of aromatic nitrogens is 3. The van der Waals surface area contributed by atoms with E-state index in [2.05, 4.69) is 25.3 Å². The molecule has 1 saturated heterocycles. The summed E-state index contributed by atoms with van der Waals surface area (Å²) in [7, 11) is -3.87. The van der Waals surface area contributed by atoms with Gasteiger partial charge >= 0.3 is 0 Å². The highest BCUT2D eigenvalue weighted by Gasteiger charge is 2.21. The van der Waals surface area contributed by atoms with Crippen LogP contribution >= 0.6 is 11.6 Å². The van der Waals surface area contributed by atoms with E-state index >= 15 is 0 Å². The lowest BCUT2D eigenvalue weighted by Crippen LogP contribution is -2.38. The third kappa shape index (κ3) is 6.13. The van der Waals surface area contributed by atoms with Crippen LogP contribution < -0.4 is 20.1 Å². The number of nitrogens with one attached hydrogen (secondary N) is 3. The van der Waals surface area contributed by atoms with Gasteiger partial charge in [0.25, 0.3) is 10.0 Å². The molecule has 4 aromatic rings. The van der Waals surface area contributed by atoms with Gasteiger partial charge in [-0.05, 0) is 86.8 Å². The van der Waals surface area contributed by atoms with Crippen molar-refractivity contribution < 1.29 is 13.2 Å². The van der Waals surface area contributed by atoms with Crippen LogP contribution in [0.25, 0.3) is 11.3 Å². The Morgan fingerprint density at radius 2 is 1.85 bits per heavy atom. The van der Waals surface area contributed by atoms with Crippen molar-refractivity contribution in [2.45, 2.75) is 37.6 Å². The smallest absolute Gasteiger partial charge is 0.263 e. The highest BCUT2D eigenvalue weighted by Crippen LogP contribution is 2.35. The first-order valence-corrected chi connectivity index (χ1v) is 14.5. The Bertz CT molecular complexity index is 1590. The fraction of sp³-hybridized carbons (Fsp3) is 0.250. The molecule has 0 saturated carbocycles. The third-order valence-electron chi connectivity index (χ3n) is 6.65. The molecule has 2 aromatic carbocycles. The molecule has 0 unspecified atom stereocenters. The largest absolute Gasteiger partial charge is 0.438 e. The van der Waals surface area contributed by atoms with Crippen molar-refractivity contribution in [2.24, 2.45) is 0 Å². The summed E-state index contributed by atoms with van der Waals surface area (Å²) < 4.78 is 34.8. The van der Waals surface area contributed by atoms with E-state index < -0.39 is 10.0 Å². The van der Waals surface area contributed by atoms with E-state index in [-0.39, 0.29) is 16.0 Å². The molecule has 3 N–H and O–H groups in total. The molecule has 39 heavy (non-hydrogen) atoms. The van der Waals surface area contributed by atoms with Gasteiger partial charge < -0.3 is 15.4 Å². The molecule has 0 aliphatic carbocycles. The van der Waals surface area contributed by atoms with E-state index in [9.17, 15) is 8.42 Å². The predicted molar refractivity (Wildman–Crippen MR) is 153 cm³/mol. The Hall–Kier alpha value is -3.73. The highest BCUT2D eigenvalue weighted by molar-refractivity contribution is 7.92. The number of hydrogen-bond acceptors (Lipinski definition) is 8. The molecule has 11 heteroatoms. The van der Waals surface area contributed by atoms with Crippen molar-refractivity contribution in [2.75, 3.05) is 23.1 Å². The molecule has 0 radical (unpaired) electrons. The maximum atomic E-state index is 13.0. The van der Waals surface area contributed by atoms with Crippen molar-refractivity contribution >= 4 is 33.3 Å². The quantitative estimate of drug-likeness (QED) is 0.254. The van der Waals surface area contributed by atoms with Gasteiger partial charge in [0.05, 0.1) is 22.0 Å². The van der Waals surface area contributed by atoms with Crippen LogP contribution in [-0.2, 0) is 10.0 Å². The minimum Gasteiger partial charge on any atom is -0.438 e. The summed E-state index contributed by atoms with van der Waals surface area (Å²) in [6, 6.07) is 15.5. The van der Waals surface area contributed by atoms with Crippen molar-refractivity contribution in [3.8, 4) is 22.9 Å². The lowest BCUT2D eigenvalue weighted by atomic mass is 10.1. The van der Waals surface area contributed by atoms with Gasteiger partial charge in [-0.2, -0.15) is 0 Å². The summed E-state index contributed by atoms with van der Waals surface area (Å²) in [5.41, 5.74) is 3.31. The summed E-state index contributed by atoms with van der Waals surface area (Å²) in [5.74, 6) is 1.49. The van der Waals surface area contributed by atoms with Gasteiger partial charge in [-0.15, -0.1) is 0 Å². The van der Waals surface area contributed by atoms with Gasteiger partial charge in [-0.3, -0.25) is 4.72 Å². The first-order chi connectivity index (χ1) is 18.8. The SMILES string of the molecule is Cc1c(NS(=O)(=O)c2ccccc2Cl)ccc(Oc2ncccc2-c2ccnc(N[C@H]3CCCNC3)n2)c1C. The fourth-order valence-corrected chi connectivity index (χ4v) is 6.03. The predicted octanol–water partition coefficient (Wildman–Crippen LogP) is 5.57. The lowest BCUT2D eigenvalue weighted by molar-refractivity contribution is 0.461. The molecular formula is C28H29ClN6O3S. The van der Waals surface area contributed by atoms with E-state index in [4.69, 9.17) is 21.3 Å². The number of hydrogen-bond donors (Lipinski definition) is 3. The summed E-state index contributed by atoms with van der Waals surface area (Å²) in [6.45, 7) is 5.60. The van der Waals surface area contributed by atoms with E-state index in [1.807, 2.05) is 32.0 Å². The number of anilines is 2. The van der Waals surface area contributed by atoms with Crippen LogP contribution in [0.15, 0.2) is 71.9 Å². The average Bonchev–Trinajstić information content (AvgIpc) is 2.94. The number of pyridine rings is 1. The average molecular weight is 565 g/mol. The first kappa shape index (κ1) is 26.9. The molecule has 1 fully saturated rings. The topological polar surface area (TPSA) is 118 Å². The molecule has 0 spiro atoms. The molecule has 0 amide bonds. The molecule has 1 atom stereocenters. The van der Waals surface area contributed by atoms with E-state index in [1.165, 1.54) is 6.07 Å². The second-order valence-corrected chi connectivity index (χ2v) is 11.4. The van der Waals surface area contributed by atoms with Gasteiger partial charge in [-0.25, -0.2) is 23.4 Å². The molecule has 0 bridgehead atoms. The lowest BCUT2D eigenvalue weighted by Gasteiger charge is -2.23. The maximum absolute atomic E-state index is 13.0. The molecule has 1 aliphatic heterocycles. The minimum absolute atomic E-state index is 0.0145. The minimum atomic E-state index is -3.87. The van der Waals surface area contributed by atoms with Gasteiger partial charge in [0.15, 0.2) is 0 Å². The summed E-state index contributed by atoms with van der Waals surface area (Å²) in [5, 5.41) is 6.94. The zero-order valence-corrected chi connectivity index (χ0v) is 23.2. The van der Waals surface area contributed by atoms with E-state index in [0.29, 0.717) is 34.5 Å². The van der Waals surface area contributed by atoms with Gasteiger partial charge in [-0.1, -0.05) is 23.7 Å². The number of sulfonamides is 1. The molecule has 3 heterocycles. The second kappa shape index (κ2) is 11.6. The summed E-state index contributed by atoms with van der Waals surface area (Å²) in [4.78, 5) is 13.6. The third-order valence-corrected chi connectivity index (χ3v) is 8.51. The molecule has 202 valence electrons. The second-order valence-electron chi connectivity index (χ2n) is 9.31. The number of ether oxygens (including phenoxy) is 1. The van der Waals surface area contributed by atoms with Crippen LogP contribution in [0, 0.1) is 13.8 Å². The van der Waals surface area contributed by atoms with Gasteiger partial charge in [0.1, 0.15) is 10.6 Å². The Morgan fingerprint density at radius 1 is 1.00 bits per heavy atom. The van der Waals surface area contributed by atoms with Gasteiger partial charge in [0, 0.05) is 25.0 Å². The van der Waals surface area contributed by atoms with Crippen LogP contribution in [0.4, 0.5) is 11.6 Å². The van der Waals surface area contributed by atoms with Crippen molar-refractivity contribution in [3.05, 3.63) is 83.1 Å². The normalized spacial score (nSPS) is 15.5. The van der Waals surface area contributed by atoms with E-state index in [0.717, 1.165) is 37.1 Å². The zero-order valence-electron chi connectivity index (χ0n) is 21.6. The number of piperidine rings is 1. The molecule has 5 rings (SSSR count). The number of rotatable bonds is 8. The fourth-order valence-electron chi connectivity index (χ4n) is 4.39.